The zero-order chi connectivity index (χ0) is 9.84. The van der Waals surface area contributed by atoms with Gasteiger partial charge in [-0.05, 0) is 37.0 Å². The van der Waals surface area contributed by atoms with Gasteiger partial charge >= 0.3 is 0 Å². The molecular formula is C12H22O. The standard InChI is InChI=1S/C12H22O/c1-4-12(13)8-10-5-6-11(7-10)9(2)3/h9-11H,4-8H2,1-3H3. The van der Waals surface area contributed by atoms with E-state index in [1.54, 1.807) is 0 Å². The van der Waals surface area contributed by atoms with Gasteiger partial charge in [0.2, 0.25) is 0 Å². The lowest BCUT2D eigenvalue weighted by Gasteiger charge is -2.13. The molecule has 0 aliphatic heterocycles. The molecule has 13 heavy (non-hydrogen) atoms. The van der Waals surface area contributed by atoms with E-state index in [1.807, 2.05) is 6.92 Å². The van der Waals surface area contributed by atoms with Crippen LogP contribution in [0.1, 0.15) is 52.9 Å². The first kappa shape index (κ1) is 10.7. The third-order valence-electron chi connectivity index (χ3n) is 3.44. The van der Waals surface area contributed by atoms with E-state index in [0.717, 1.165) is 24.7 Å². The molecule has 0 heterocycles. The van der Waals surface area contributed by atoms with Gasteiger partial charge in [0.15, 0.2) is 0 Å². The van der Waals surface area contributed by atoms with Crippen LogP contribution in [0.15, 0.2) is 0 Å². The van der Waals surface area contributed by atoms with Crippen LogP contribution in [0.25, 0.3) is 0 Å². The summed E-state index contributed by atoms with van der Waals surface area (Å²) in [6.45, 7) is 6.57. The monoisotopic (exact) mass is 182 g/mol. The molecule has 0 saturated heterocycles. The average molecular weight is 182 g/mol. The second-order valence-electron chi connectivity index (χ2n) is 4.78. The molecule has 0 aromatic heterocycles. The molecule has 0 bridgehead atoms. The predicted octanol–water partition coefficient (Wildman–Crippen LogP) is 3.43. The number of carbonyl (C=O) groups excluding carboxylic acids is 1. The maximum absolute atomic E-state index is 11.2. The molecule has 2 unspecified atom stereocenters. The van der Waals surface area contributed by atoms with Crippen LogP contribution in [-0.4, -0.2) is 5.78 Å². The lowest BCUT2D eigenvalue weighted by Crippen LogP contribution is -2.07. The van der Waals surface area contributed by atoms with E-state index in [-0.39, 0.29) is 0 Å². The maximum atomic E-state index is 11.2. The Morgan fingerprint density at radius 2 is 2.08 bits per heavy atom. The van der Waals surface area contributed by atoms with Gasteiger partial charge in [-0.25, -0.2) is 0 Å². The van der Waals surface area contributed by atoms with Crippen LogP contribution < -0.4 is 0 Å². The Bertz CT molecular complexity index is 172. The zero-order valence-corrected chi connectivity index (χ0v) is 9.18. The molecule has 1 saturated carbocycles. The van der Waals surface area contributed by atoms with Crippen molar-refractivity contribution in [1.29, 1.82) is 0 Å². The molecule has 2 atom stereocenters. The molecular weight excluding hydrogens is 160 g/mol. The topological polar surface area (TPSA) is 17.1 Å². The molecule has 76 valence electrons. The summed E-state index contributed by atoms with van der Waals surface area (Å²) >= 11 is 0. The van der Waals surface area contributed by atoms with Crippen LogP contribution in [0.2, 0.25) is 0 Å². The second-order valence-corrected chi connectivity index (χ2v) is 4.78. The largest absolute Gasteiger partial charge is 0.300 e. The van der Waals surface area contributed by atoms with Crippen molar-refractivity contribution < 1.29 is 4.79 Å². The molecule has 0 aromatic rings. The molecule has 0 amide bonds. The van der Waals surface area contributed by atoms with E-state index in [2.05, 4.69) is 13.8 Å². The van der Waals surface area contributed by atoms with Crippen molar-refractivity contribution in [3.8, 4) is 0 Å². The predicted molar refractivity (Wildman–Crippen MR) is 55.6 cm³/mol. The quantitative estimate of drug-likeness (QED) is 0.651. The number of hydrogen-bond donors (Lipinski definition) is 0. The van der Waals surface area contributed by atoms with E-state index in [0.29, 0.717) is 11.7 Å². The highest BCUT2D eigenvalue weighted by Gasteiger charge is 2.27. The first-order chi connectivity index (χ1) is 6.13. The Balaban J connectivity index is 2.29. The Kier molecular flexibility index (Phi) is 3.95. The Labute approximate surface area is 81.9 Å². The Morgan fingerprint density at radius 1 is 1.38 bits per heavy atom. The van der Waals surface area contributed by atoms with Crippen molar-refractivity contribution in [3.05, 3.63) is 0 Å². The van der Waals surface area contributed by atoms with Crippen molar-refractivity contribution in [2.24, 2.45) is 17.8 Å². The SMILES string of the molecule is CCC(=O)CC1CCC(C(C)C)C1. The number of hydrogen-bond acceptors (Lipinski definition) is 1. The summed E-state index contributed by atoms with van der Waals surface area (Å²) in [6.07, 6.45) is 5.50. The maximum Gasteiger partial charge on any atom is 0.132 e. The van der Waals surface area contributed by atoms with E-state index < -0.39 is 0 Å². The first-order valence-electron chi connectivity index (χ1n) is 5.65. The van der Waals surface area contributed by atoms with Gasteiger partial charge in [0, 0.05) is 12.8 Å². The lowest BCUT2D eigenvalue weighted by atomic mass is 9.92. The number of rotatable bonds is 4. The molecule has 1 heteroatoms. The van der Waals surface area contributed by atoms with Crippen LogP contribution in [0.5, 0.6) is 0 Å². The highest BCUT2D eigenvalue weighted by molar-refractivity contribution is 5.78. The highest BCUT2D eigenvalue weighted by atomic mass is 16.1. The fraction of sp³-hybridized carbons (Fsp3) is 0.917. The van der Waals surface area contributed by atoms with Gasteiger partial charge in [0.25, 0.3) is 0 Å². The molecule has 0 N–H and O–H groups in total. The third kappa shape index (κ3) is 3.13. The average Bonchev–Trinajstić information content (AvgIpc) is 2.52. The summed E-state index contributed by atoms with van der Waals surface area (Å²) in [7, 11) is 0. The summed E-state index contributed by atoms with van der Waals surface area (Å²) in [6, 6.07) is 0. The van der Waals surface area contributed by atoms with Gasteiger partial charge in [0.05, 0.1) is 0 Å². The van der Waals surface area contributed by atoms with Gasteiger partial charge in [-0.1, -0.05) is 20.8 Å². The number of ketones is 1. The minimum absolute atomic E-state index is 0.453. The van der Waals surface area contributed by atoms with Crippen LogP contribution in [0.4, 0.5) is 0 Å². The molecule has 0 aromatic carbocycles. The molecule has 1 rings (SSSR count). The molecule has 1 fully saturated rings. The minimum Gasteiger partial charge on any atom is -0.300 e. The molecule has 0 radical (unpaired) electrons. The second kappa shape index (κ2) is 4.78. The van der Waals surface area contributed by atoms with Crippen molar-refractivity contribution in [2.75, 3.05) is 0 Å². The molecule has 1 nitrogen and oxygen atoms in total. The summed E-state index contributed by atoms with van der Waals surface area (Å²) < 4.78 is 0. The molecule has 0 spiro atoms. The van der Waals surface area contributed by atoms with Crippen molar-refractivity contribution in [3.63, 3.8) is 0 Å². The smallest absolute Gasteiger partial charge is 0.132 e. The van der Waals surface area contributed by atoms with E-state index in [4.69, 9.17) is 0 Å². The summed E-state index contributed by atoms with van der Waals surface area (Å²) in [5.74, 6) is 2.85. The van der Waals surface area contributed by atoms with Gasteiger partial charge in [-0.3, -0.25) is 4.79 Å². The van der Waals surface area contributed by atoms with Crippen LogP contribution in [0.3, 0.4) is 0 Å². The first-order valence-corrected chi connectivity index (χ1v) is 5.65. The zero-order valence-electron chi connectivity index (χ0n) is 9.18. The van der Waals surface area contributed by atoms with E-state index in [9.17, 15) is 4.79 Å². The summed E-state index contributed by atoms with van der Waals surface area (Å²) in [5, 5.41) is 0. The Hall–Kier alpha value is -0.330. The van der Waals surface area contributed by atoms with Crippen LogP contribution in [-0.2, 0) is 4.79 Å². The fourth-order valence-corrected chi connectivity index (χ4v) is 2.37. The molecule has 1 aliphatic carbocycles. The summed E-state index contributed by atoms with van der Waals surface area (Å²) in [4.78, 5) is 11.2. The van der Waals surface area contributed by atoms with Gasteiger partial charge in [-0.2, -0.15) is 0 Å². The van der Waals surface area contributed by atoms with Gasteiger partial charge < -0.3 is 0 Å². The minimum atomic E-state index is 0.453. The summed E-state index contributed by atoms with van der Waals surface area (Å²) in [5.41, 5.74) is 0. The van der Waals surface area contributed by atoms with Gasteiger partial charge in [0.1, 0.15) is 5.78 Å². The van der Waals surface area contributed by atoms with Crippen LogP contribution in [0, 0.1) is 17.8 Å². The number of Topliss-reactive ketones (excluding diaryl/α,β-unsaturated/α-hetero) is 1. The fourth-order valence-electron chi connectivity index (χ4n) is 2.37. The van der Waals surface area contributed by atoms with Gasteiger partial charge in [-0.15, -0.1) is 0 Å². The van der Waals surface area contributed by atoms with Crippen molar-refractivity contribution in [1.82, 2.24) is 0 Å². The number of carbonyl (C=O) groups is 1. The Morgan fingerprint density at radius 3 is 2.54 bits per heavy atom. The van der Waals surface area contributed by atoms with Crippen molar-refractivity contribution in [2.45, 2.75) is 52.9 Å². The third-order valence-corrected chi connectivity index (χ3v) is 3.44. The van der Waals surface area contributed by atoms with Crippen molar-refractivity contribution >= 4 is 5.78 Å². The van der Waals surface area contributed by atoms with Crippen LogP contribution >= 0.6 is 0 Å². The van der Waals surface area contributed by atoms with E-state index in [1.165, 1.54) is 19.3 Å². The highest BCUT2D eigenvalue weighted by Crippen LogP contribution is 2.37. The normalized spacial score (nSPS) is 28.3. The van der Waals surface area contributed by atoms with E-state index >= 15 is 0 Å². The molecule has 1 aliphatic rings. The lowest BCUT2D eigenvalue weighted by molar-refractivity contribution is -0.119.